The maximum absolute atomic E-state index is 11.4. The first-order valence-corrected chi connectivity index (χ1v) is 7.22. The Labute approximate surface area is 126 Å². The predicted octanol–water partition coefficient (Wildman–Crippen LogP) is 3.92. The molecule has 0 bridgehead atoms. The highest BCUT2D eigenvalue weighted by atomic mass is 79.9. The smallest absolute Gasteiger partial charge is 0.369 e. The van der Waals surface area contributed by atoms with Crippen molar-refractivity contribution in [3.05, 3.63) is 32.7 Å². The van der Waals surface area contributed by atoms with E-state index in [0.29, 0.717) is 10.8 Å². The molecular weight excluding hydrogens is 356 g/mol. The molecule has 0 fully saturated rings. The van der Waals surface area contributed by atoms with Crippen LogP contribution < -0.4 is 4.74 Å². The number of rotatable bonds is 4. The molecule has 0 saturated carbocycles. The highest BCUT2D eigenvalue weighted by Crippen LogP contribution is 2.32. The number of esters is 1. The molecule has 0 unspecified atom stereocenters. The molecule has 0 amide bonds. The Morgan fingerprint density at radius 1 is 1.47 bits per heavy atom. The van der Waals surface area contributed by atoms with Crippen LogP contribution in [0, 0.1) is 0 Å². The Kier molecular flexibility index (Phi) is 4.73. The summed E-state index contributed by atoms with van der Waals surface area (Å²) in [4.78, 5) is 11.4. The van der Waals surface area contributed by atoms with Crippen LogP contribution in [0.3, 0.4) is 0 Å². The van der Waals surface area contributed by atoms with Crippen LogP contribution in [-0.4, -0.2) is 22.8 Å². The Morgan fingerprint density at radius 2 is 2.26 bits per heavy atom. The number of hydrogen-bond acceptors (Lipinski definition) is 6. The summed E-state index contributed by atoms with van der Waals surface area (Å²) in [5.74, 6) is -0.0758. The summed E-state index contributed by atoms with van der Waals surface area (Å²) >= 11 is 10.3. The van der Waals surface area contributed by atoms with E-state index in [1.165, 1.54) is 0 Å². The molecule has 19 heavy (non-hydrogen) atoms. The third-order valence-electron chi connectivity index (χ3n) is 1.95. The molecule has 0 aliphatic rings. The molecule has 0 aliphatic carbocycles. The van der Waals surface area contributed by atoms with E-state index in [-0.39, 0.29) is 16.8 Å². The standard InChI is InChI=1S/C11H8BrClN2O3S/c1-2-17-10(16)9-14-15-11(19-9)18-8-4-3-6(12)5-7(8)13/h3-5H,2H2,1H3. The number of halogens is 2. The molecule has 8 heteroatoms. The lowest BCUT2D eigenvalue weighted by atomic mass is 10.3. The van der Waals surface area contributed by atoms with E-state index in [0.717, 1.165) is 15.8 Å². The first kappa shape index (κ1) is 14.2. The average molecular weight is 364 g/mol. The second-order valence-corrected chi connectivity index (χ2v) is 5.53. The highest BCUT2D eigenvalue weighted by Gasteiger charge is 2.15. The van der Waals surface area contributed by atoms with Gasteiger partial charge in [-0.15, -0.1) is 5.10 Å². The predicted molar refractivity (Wildman–Crippen MR) is 75.1 cm³/mol. The SMILES string of the molecule is CCOC(=O)c1nnc(Oc2ccc(Br)cc2Cl)s1. The molecule has 0 radical (unpaired) electrons. The van der Waals surface area contributed by atoms with Crippen LogP contribution in [-0.2, 0) is 4.74 Å². The Morgan fingerprint density at radius 3 is 2.95 bits per heavy atom. The minimum atomic E-state index is -0.517. The van der Waals surface area contributed by atoms with Crippen LogP contribution in [0.4, 0.5) is 0 Å². The molecular formula is C11H8BrClN2O3S. The summed E-state index contributed by atoms with van der Waals surface area (Å²) in [5, 5.41) is 8.25. The van der Waals surface area contributed by atoms with Crippen molar-refractivity contribution < 1.29 is 14.3 Å². The quantitative estimate of drug-likeness (QED) is 0.770. The molecule has 0 saturated heterocycles. The summed E-state index contributed by atoms with van der Waals surface area (Å²) < 4.78 is 11.1. The van der Waals surface area contributed by atoms with Gasteiger partial charge in [-0.1, -0.05) is 32.6 Å². The van der Waals surface area contributed by atoms with Gasteiger partial charge in [0.2, 0.25) is 5.01 Å². The van der Waals surface area contributed by atoms with Gasteiger partial charge in [0.05, 0.1) is 11.6 Å². The minimum Gasteiger partial charge on any atom is -0.461 e. The van der Waals surface area contributed by atoms with Gasteiger partial charge in [-0.25, -0.2) is 4.79 Å². The molecule has 1 aromatic carbocycles. The Hall–Kier alpha value is -1.18. The maximum Gasteiger partial charge on any atom is 0.369 e. The first-order chi connectivity index (χ1) is 9.10. The van der Waals surface area contributed by atoms with E-state index in [2.05, 4.69) is 26.1 Å². The largest absolute Gasteiger partial charge is 0.461 e. The van der Waals surface area contributed by atoms with Crippen LogP contribution in [0.25, 0.3) is 0 Å². The van der Waals surface area contributed by atoms with Crippen molar-refractivity contribution in [1.82, 2.24) is 10.2 Å². The zero-order valence-corrected chi connectivity index (χ0v) is 12.9. The molecule has 0 atom stereocenters. The Balaban J connectivity index is 2.13. The molecule has 100 valence electrons. The molecule has 0 spiro atoms. The van der Waals surface area contributed by atoms with Crippen LogP contribution in [0.5, 0.6) is 10.9 Å². The van der Waals surface area contributed by atoms with Crippen LogP contribution >= 0.6 is 38.9 Å². The minimum absolute atomic E-state index is 0.144. The lowest BCUT2D eigenvalue weighted by Crippen LogP contribution is -2.03. The third-order valence-corrected chi connectivity index (χ3v) is 3.52. The molecule has 0 N–H and O–H groups in total. The van der Waals surface area contributed by atoms with Gasteiger partial charge < -0.3 is 9.47 Å². The van der Waals surface area contributed by atoms with Gasteiger partial charge >= 0.3 is 5.97 Å². The molecule has 1 aromatic heterocycles. The van der Waals surface area contributed by atoms with E-state index < -0.39 is 5.97 Å². The van der Waals surface area contributed by atoms with Gasteiger partial charge in [0, 0.05) is 4.47 Å². The van der Waals surface area contributed by atoms with E-state index in [4.69, 9.17) is 21.1 Å². The van der Waals surface area contributed by atoms with Crippen molar-refractivity contribution in [1.29, 1.82) is 0 Å². The second kappa shape index (κ2) is 6.31. The Bertz CT molecular complexity index is 605. The number of benzene rings is 1. The first-order valence-electron chi connectivity index (χ1n) is 5.23. The van der Waals surface area contributed by atoms with E-state index in [9.17, 15) is 4.79 Å². The third kappa shape index (κ3) is 3.65. The average Bonchev–Trinajstić information content (AvgIpc) is 2.82. The fourth-order valence-corrected chi connectivity index (χ4v) is 2.49. The van der Waals surface area contributed by atoms with E-state index in [1.807, 2.05) is 0 Å². The van der Waals surface area contributed by atoms with Crippen molar-refractivity contribution in [3.63, 3.8) is 0 Å². The van der Waals surface area contributed by atoms with Gasteiger partial charge in [-0.05, 0) is 36.5 Å². The molecule has 2 aromatic rings. The number of ether oxygens (including phenoxy) is 2. The fourth-order valence-electron chi connectivity index (χ4n) is 1.18. The van der Waals surface area contributed by atoms with Crippen molar-refractivity contribution in [2.24, 2.45) is 0 Å². The molecule has 0 aliphatic heterocycles. The zero-order chi connectivity index (χ0) is 13.8. The van der Waals surface area contributed by atoms with Crippen LogP contribution in [0.2, 0.25) is 5.02 Å². The van der Waals surface area contributed by atoms with E-state index in [1.54, 1.807) is 25.1 Å². The van der Waals surface area contributed by atoms with Gasteiger partial charge in [-0.3, -0.25) is 0 Å². The number of carbonyl (C=O) groups excluding carboxylic acids is 1. The molecule has 5 nitrogen and oxygen atoms in total. The summed E-state index contributed by atoms with van der Waals surface area (Å²) in [6, 6.07) is 5.18. The van der Waals surface area contributed by atoms with Gasteiger partial charge in [0.1, 0.15) is 5.75 Å². The summed E-state index contributed by atoms with van der Waals surface area (Å²) in [7, 11) is 0. The van der Waals surface area contributed by atoms with Crippen molar-refractivity contribution in [2.45, 2.75) is 6.92 Å². The number of hydrogen-bond donors (Lipinski definition) is 0. The number of aromatic nitrogens is 2. The molecule has 1 heterocycles. The van der Waals surface area contributed by atoms with Gasteiger partial charge in [-0.2, -0.15) is 0 Å². The zero-order valence-electron chi connectivity index (χ0n) is 9.72. The second-order valence-electron chi connectivity index (χ2n) is 3.27. The van der Waals surface area contributed by atoms with Crippen molar-refractivity contribution >= 4 is 44.8 Å². The normalized spacial score (nSPS) is 10.3. The topological polar surface area (TPSA) is 61.3 Å². The maximum atomic E-state index is 11.4. The number of nitrogens with zero attached hydrogens (tertiary/aromatic N) is 2. The molecule has 2 rings (SSSR count). The number of carbonyl (C=O) groups is 1. The highest BCUT2D eigenvalue weighted by molar-refractivity contribution is 9.10. The van der Waals surface area contributed by atoms with Crippen molar-refractivity contribution in [3.8, 4) is 10.9 Å². The van der Waals surface area contributed by atoms with Crippen LogP contribution in [0.1, 0.15) is 16.7 Å². The van der Waals surface area contributed by atoms with Gasteiger partial charge in [0.25, 0.3) is 5.19 Å². The fraction of sp³-hybridized carbons (Fsp3) is 0.182. The van der Waals surface area contributed by atoms with Crippen LogP contribution in [0.15, 0.2) is 22.7 Å². The lowest BCUT2D eigenvalue weighted by Gasteiger charge is -2.03. The monoisotopic (exact) mass is 362 g/mol. The summed E-state index contributed by atoms with van der Waals surface area (Å²) in [6.07, 6.45) is 0. The summed E-state index contributed by atoms with van der Waals surface area (Å²) in [6.45, 7) is 2.01. The van der Waals surface area contributed by atoms with E-state index >= 15 is 0 Å². The van der Waals surface area contributed by atoms with Gasteiger partial charge in [0.15, 0.2) is 0 Å². The van der Waals surface area contributed by atoms with Crippen molar-refractivity contribution in [2.75, 3.05) is 6.61 Å². The summed E-state index contributed by atoms with van der Waals surface area (Å²) in [5.41, 5.74) is 0. The lowest BCUT2D eigenvalue weighted by molar-refractivity contribution is 0.0525.